The first kappa shape index (κ1) is 9.67. The van der Waals surface area contributed by atoms with E-state index < -0.39 is 0 Å². The molecule has 1 aromatic rings. The van der Waals surface area contributed by atoms with Crippen LogP contribution in [0.4, 0.5) is 0 Å². The average molecular weight is 181 g/mol. The van der Waals surface area contributed by atoms with Crippen LogP contribution in [-0.2, 0) is 22.7 Å². The molecule has 0 spiro atoms. The summed E-state index contributed by atoms with van der Waals surface area (Å²) in [5.41, 5.74) is 1.49. The molecule has 0 aliphatic carbocycles. The first-order valence-corrected chi connectivity index (χ1v) is 3.89. The van der Waals surface area contributed by atoms with Crippen LogP contribution < -0.4 is 0 Å². The van der Waals surface area contributed by atoms with Crippen LogP contribution in [0.5, 0.6) is 0 Å². The van der Waals surface area contributed by atoms with E-state index in [1.165, 1.54) is 6.92 Å². The molecular weight excluding hydrogens is 170 g/mol. The second-order valence-electron chi connectivity index (χ2n) is 2.64. The number of ether oxygens (including phenoxy) is 1. The molecule has 13 heavy (non-hydrogen) atoms. The van der Waals surface area contributed by atoms with Gasteiger partial charge in [0.05, 0.1) is 6.61 Å². The third kappa shape index (κ3) is 3.21. The maximum atomic E-state index is 10.5. The van der Waals surface area contributed by atoms with E-state index in [1.807, 2.05) is 0 Å². The molecule has 0 aliphatic heterocycles. The minimum absolute atomic E-state index is 0.0547. The van der Waals surface area contributed by atoms with Crippen molar-refractivity contribution in [2.45, 2.75) is 20.1 Å². The van der Waals surface area contributed by atoms with Crippen LogP contribution >= 0.6 is 0 Å². The molecule has 0 bridgehead atoms. The number of hydrogen-bond donors (Lipinski definition) is 1. The number of carbonyl (C=O) groups excluding carboxylic acids is 1. The van der Waals surface area contributed by atoms with Gasteiger partial charge in [-0.25, -0.2) is 0 Å². The average Bonchev–Trinajstić information content (AvgIpc) is 2.15. The van der Waals surface area contributed by atoms with Gasteiger partial charge >= 0.3 is 5.97 Å². The summed E-state index contributed by atoms with van der Waals surface area (Å²) in [6.45, 7) is 1.50. The minimum Gasteiger partial charge on any atom is -0.461 e. The molecule has 0 aromatic carbocycles. The van der Waals surface area contributed by atoms with Crippen LogP contribution in [0.2, 0.25) is 0 Å². The highest BCUT2D eigenvalue weighted by Gasteiger charge is 1.98. The summed E-state index contributed by atoms with van der Waals surface area (Å²) in [6, 6.07) is 1.75. The fourth-order valence-corrected chi connectivity index (χ4v) is 0.892. The monoisotopic (exact) mass is 181 g/mol. The number of aliphatic hydroxyl groups excluding tert-OH is 1. The number of pyridine rings is 1. The normalized spacial score (nSPS) is 9.69. The van der Waals surface area contributed by atoms with Gasteiger partial charge in [-0.05, 0) is 11.6 Å². The van der Waals surface area contributed by atoms with Crippen molar-refractivity contribution < 1.29 is 14.6 Å². The number of aromatic nitrogens is 1. The highest BCUT2D eigenvalue weighted by atomic mass is 16.5. The van der Waals surface area contributed by atoms with Gasteiger partial charge in [0.2, 0.25) is 0 Å². The van der Waals surface area contributed by atoms with Crippen molar-refractivity contribution >= 4 is 5.97 Å². The molecule has 0 amide bonds. The van der Waals surface area contributed by atoms with E-state index in [-0.39, 0.29) is 19.2 Å². The summed E-state index contributed by atoms with van der Waals surface area (Å²) in [6.07, 6.45) is 3.17. The lowest BCUT2D eigenvalue weighted by atomic mass is 10.2. The molecule has 0 fully saturated rings. The Labute approximate surface area is 76.2 Å². The summed E-state index contributed by atoms with van der Waals surface area (Å²) in [4.78, 5) is 14.4. The van der Waals surface area contributed by atoms with Crippen molar-refractivity contribution in [2.75, 3.05) is 0 Å². The van der Waals surface area contributed by atoms with E-state index in [9.17, 15) is 4.79 Å². The van der Waals surface area contributed by atoms with Gasteiger partial charge in [0.25, 0.3) is 0 Å². The van der Waals surface area contributed by atoms with Crippen molar-refractivity contribution in [2.24, 2.45) is 0 Å². The highest BCUT2D eigenvalue weighted by molar-refractivity contribution is 5.65. The summed E-state index contributed by atoms with van der Waals surface area (Å²) < 4.78 is 4.77. The number of hydrogen-bond acceptors (Lipinski definition) is 4. The molecule has 4 heteroatoms. The van der Waals surface area contributed by atoms with E-state index in [0.29, 0.717) is 5.56 Å². The molecule has 0 atom stereocenters. The van der Waals surface area contributed by atoms with E-state index in [2.05, 4.69) is 4.98 Å². The highest BCUT2D eigenvalue weighted by Crippen LogP contribution is 2.03. The van der Waals surface area contributed by atoms with Crippen LogP contribution in [0.1, 0.15) is 18.1 Å². The number of rotatable bonds is 3. The van der Waals surface area contributed by atoms with Gasteiger partial charge < -0.3 is 9.84 Å². The van der Waals surface area contributed by atoms with E-state index in [0.717, 1.165) is 5.56 Å². The molecule has 0 saturated heterocycles. The number of carbonyl (C=O) groups is 1. The Bertz CT molecular complexity index is 299. The molecular formula is C9H11NO3. The summed E-state index contributed by atoms with van der Waals surface area (Å²) in [7, 11) is 0. The largest absolute Gasteiger partial charge is 0.461 e. The number of aliphatic hydroxyl groups is 1. The molecule has 0 unspecified atom stereocenters. The van der Waals surface area contributed by atoms with Crippen LogP contribution in [0.3, 0.4) is 0 Å². The second-order valence-corrected chi connectivity index (χ2v) is 2.64. The van der Waals surface area contributed by atoms with E-state index in [4.69, 9.17) is 9.84 Å². The molecule has 0 radical (unpaired) electrons. The quantitative estimate of drug-likeness (QED) is 0.695. The Balaban J connectivity index is 2.61. The van der Waals surface area contributed by atoms with Crippen molar-refractivity contribution in [3.8, 4) is 0 Å². The smallest absolute Gasteiger partial charge is 0.302 e. The fourth-order valence-electron chi connectivity index (χ4n) is 0.892. The molecule has 1 rings (SSSR count). The van der Waals surface area contributed by atoms with E-state index in [1.54, 1.807) is 18.5 Å². The third-order valence-corrected chi connectivity index (χ3v) is 1.48. The Morgan fingerprint density at radius 2 is 2.23 bits per heavy atom. The SMILES string of the molecule is CC(=O)OCc1cncc(CO)c1. The summed E-state index contributed by atoms with van der Waals surface area (Å²) in [5, 5.41) is 8.79. The van der Waals surface area contributed by atoms with Gasteiger partial charge in [-0.3, -0.25) is 9.78 Å². The van der Waals surface area contributed by atoms with Crippen LogP contribution in [0.15, 0.2) is 18.5 Å². The standard InChI is InChI=1S/C9H11NO3/c1-7(12)13-6-9-2-8(5-11)3-10-4-9/h2-4,11H,5-6H2,1H3. The molecule has 0 aliphatic rings. The lowest BCUT2D eigenvalue weighted by molar-refractivity contribution is -0.142. The van der Waals surface area contributed by atoms with Gasteiger partial charge in [0.15, 0.2) is 0 Å². The third-order valence-electron chi connectivity index (χ3n) is 1.48. The van der Waals surface area contributed by atoms with E-state index >= 15 is 0 Å². The molecule has 70 valence electrons. The lowest BCUT2D eigenvalue weighted by Crippen LogP contribution is -1.99. The Morgan fingerprint density at radius 1 is 1.54 bits per heavy atom. The molecule has 0 saturated carbocycles. The fraction of sp³-hybridized carbons (Fsp3) is 0.333. The topological polar surface area (TPSA) is 59.4 Å². The molecule has 1 N–H and O–H groups in total. The zero-order valence-electron chi connectivity index (χ0n) is 7.36. The van der Waals surface area contributed by atoms with Gasteiger partial charge in [-0.15, -0.1) is 0 Å². The van der Waals surface area contributed by atoms with Crippen molar-refractivity contribution in [1.82, 2.24) is 4.98 Å². The van der Waals surface area contributed by atoms with Crippen molar-refractivity contribution in [1.29, 1.82) is 0 Å². The molecule has 1 aromatic heterocycles. The minimum atomic E-state index is -0.325. The van der Waals surface area contributed by atoms with Crippen LogP contribution in [0.25, 0.3) is 0 Å². The number of nitrogens with zero attached hydrogens (tertiary/aromatic N) is 1. The predicted octanol–water partition coefficient (Wildman–Crippen LogP) is 0.637. The Morgan fingerprint density at radius 3 is 2.85 bits per heavy atom. The zero-order chi connectivity index (χ0) is 9.68. The van der Waals surface area contributed by atoms with Gasteiger partial charge in [-0.2, -0.15) is 0 Å². The molecule has 1 heterocycles. The lowest BCUT2D eigenvalue weighted by Gasteiger charge is -2.02. The Hall–Kier alpha value is -1.42. The maximum absolute atomic E-state index is 10.5. The first-order valence-electron chi connectivity index (χ1n) is 3.89. The Kier molecular flexibility index (Phi) is 3.40. The molecule has 4 nitrogen and oxygen atoms in total. The van der Waals surface area contributed by atoms with Gasteiger partial charge in [0, 0.05) is 24.9 Å². The number of esters is 1. The van der Waals surface area contributed by atoms with Crippen molar-refractivity contribution in [3.05, 3.63) is 29.6 Å². The van der Waals surface area contributed by atoms with Gasteiger partial charge in [-0.1, -0.05) is 0 Å². The summed E-state index contributed by atoms with van der Waals surface area (Å²) in [5.74, 6) is -0.325. The first-order chi connectivity index (χ1) is 6.22. The van der Waals surface area contributed by atoms with Crippen LogP contribution in [0, 0.1) is 0 Å². The predicted molar refractivity (Wildman–Crippen MR) is 45.6 cm³/mol. The van der Waals surface area contributed by atoms with Crippen LogP contribution in [-0.4, -0.2) is 16.1 Å². The van der Waals surface area contributed by atoms with Crippen molar-refractivity contribution in [3.63, 3.8) is 0 Å². The second kappa shape index (κ2) is 4.57. The van der Waals surface area contributed by atoms with Gasteiger partial charge in [0.1, 0.15) is 6.61 Å². The zero-order valence-corrected chi connectivity index (χ0v) is 7.36. The summed E-state index contributed by atoms with van der Waals surface area (Å²) >= 11 is 0. The maximum Gasteiger partial charge on any atom is 0.302 e.